The maximum Gasteiger partial charge on any atom is 0.305 e. The number of piperidine rings is 1. The molecular weight excluding hydrogens is 436 g/mol. The van der Waals surface area contributed by atoms with Gasteiger partial charge in [0, 0.05) is 19.5 Å². The molecule has 1 heterocycles. The molecule has 0 aromatic heterocycles. The van der Waals surface area contributed by atoms with E-state index < -0.39 is 0 Å². The molecule has 0 bridgehead atoms. The third-order valence-corrected chi connectivity index (χ3v) is 5.79. The van der Waals surface area contributed by atoms with Gasteiger partial charge in [-0.15, -0.1) is 12.4 Å². The molecule has 1 aliphatic rings. The van der Waals surface area contributed by atoms with E-state index in [1.807, 2.05) is 0 Å². The summed E-state index contributed by atoms with van der Waals surface area (Å²) in [6.07, 6.45) is 5.01. The van der Waals surface area contributed by atoms with Crippen LogP contribution in [0.15, 0.2) is 48.5 Å². The predicted octanol–water partition coefficient (Wildman–Crippen LogP) is 5.69. The van der Waals surface area contributed by atoms with Gasteiger partial charge in [0.1, 0.15) is 17.7 Å². The van der Waals surface area contributed by atoms with Gasteiger partial charge in [0.05, 0.1) is 13.2 Å². The molecule has 3 rings (SSSR count). The normalized spacial score (nSPS) is 14.9. The predicted molar refractivity (Wildman–Crippen MR) is 123 cm³/mol. The Morgan fingerprint density at radius 2 is 1.47 bits per heavy atom. The van der Waals surface area contributed by atoms with Crippen LogP contribution in [0, 0.1) is 11.6 Å². The first kappa shape index (κ1) is 26.2. The zero-order chi connectivity index (χ0) is 22.1. The monoisotopic (exact) mass is 467 g/mol. The molecule has 176 valence electrons. The van der Waals surface area contributed by atoms with Crippen molar-refractivity contribution in [3.05, 3.63) is 71.3 Å². The largest absolute Gasteiger partial charge is 0.469 e. The molecule has 0 amide bonds. The fraction of sp³-hybridized carbons (Fsp3) is 0.480. The van der Waals surface area contributed by atoms with Crippen LogP contribution in [0.3, 0.4) is 0 Å². The minimum absolute atomic E-state index is 0. The van der Waals surface area contributed by atoms with Crippen LogP contribution < -0.4 is 0 Å². The third-order valence-electron chi connectivity index (χ3n) is 5.79. The highest BCUT2D eigenvalue weighted by Gasteiger charge is 2.24. The Morgan fingerprint density at radius 3 is 1.97 bits per heavy atom. The van der Waals surface area contributed by atoms with Crippen LogP contribution in [0.5, 0.6) is 0 Å². The summed E-state index contributed by atoms with van der Waals surface area (Å²) in [5, 5.41) is 0. The lowest BCUT2D eigenvalue weighted by atomic mass is 9.99. The molecule has 0 atom stereocenters. The fourth-order valence-electron chi connectivity index (χ4n) is 3.97. The Morgan fingerprint density at radius 1 is 0.938 bits per heavy atom. The molecule has 0 radical (unpaired) electrons. The van der Waals surface area contributed by atoms with Crippen molar-refractivity contribution in [2.24, 2.45) is 0 Å². The Bertz CT molecular complexity index is 763. The molecule has 1 saturated heterocycles. The summed E-state index contributed by atoms with van der Waals surface area (Å²) in [7, 11) is 1.42. The molecule has 1 aliphatic heterocycles. The van der Waals surface area contributed by atoms with Crippen LogP contribution in [-0.4, -0.2) is 43.7 Å². The van der Waals surface area contributed by atoms with Crippen LogP contribution in [0.2, 0.25) is 0 Å². The van der Waals surface area contributed by atoms with Gasteiger partial charge in [-0.25, -0.2) is 8.78 Å². The second-order valence-corrected chi connectivity index (χ2v) is 8.05. The Hall–Kier alpha value is -2.02. The van der Waals surface area contributed by atoms with Crippen LogP contribution in [0.4, 0.5) is 8.78 Å². The highest BCUT2D eigenvalue weighted by Crippen LogP contribution is 2.30. The summed E-state index contributed by atoms with van der Waals surface area (Å²) in [4.78, 5) is 13.6. The van der Waals surface area contributed by atoms with Crippen molar-refractivity contribution in [3.8, 4) is 0 Å². The van der Waals surface area contributed by atoms with E-state index in [9.17, 15) is 13.6 Å². The van der Waals surface area contributed by atoms with Crippen molar-refractivity contribution >= 4 is 18.4 Å². The topological polar surface area (TPSA) is 38.8 Å². The number of carbonyl (C=O) groups is 1. The van der Waals surface area contributed by atoms with E-state index in [1.54, 1.807) is 24.3 Å². The van der Waals surface area contributed by atoms with Crippen molar-refractivity contribution < 1.29 is 23.0 Å². The first-order chi connectivity index (χ1) is 15.0. The maximum atomic E-state index is 13.4. The second kappa shape index (κ2) is 13.5. The van der Waals surface area contributed by atoms with E-state index in [2.05, 4.69) is 9.64 Å². The quantitative estimate of drug-likeness (QED) is 0.332. The van der Waals surface area contributed by atoms with Crippen LogP contribution in [0.25, 0.3) is 0 Å². The van der Waals surface area contributed by atoms with E-state index in [4.69, 9.17) is 4.74 Å². The van der Waals surface area contributed by atoms with Gasteiger partial charge in [-0.1, -0.05) is 30.7 Å². The number of unbranched alkanes of at least 4 members (excludes halogenated alkanes) is 2. The summed E-state index contributed by atoms with van der Waals surface area (Å²) in [5.41, 5.74) is 1.72. The zero-order valence-corrected chi connectivity index (χ0v) is 19.3. The highest BCUT2D eigenvalue weighted by molar-refractivity contribution is 5.85. The number of hydrogen-bond acceptors (Lipinski definition) is 4. The number of rotatable bonds is 10. The molecule has 0 N–H and O–H groups in total. The number of carbonyl (C=O) groups excluding carboxylic acids is 1. The lowest BCUT2D eigenvalue weighted by Gasteiger charge is -2.34. The van der Waals surface area contributed by atoms with Crippen molar-refractivity contribution in [1.82, 2.24) is 4.90 Å². The SMILES string of the molecule is COC(=O)CCCCCN1CCC(OC(c2ccc(F)cc2)c2ccc(F)cc2)CC1.Cl. The van der Waals surface area contributed by atoms with Gasteiger partial charge >= 0.3 is 5.97 Å². The number of esters is 1. The number of nitrogens with zero attached hydrogens (tertiary/aromatic N) is 1. The van der Waals surface area contributed by atoms with Crippen LogP contribution >= 0.6 is 12.4 Å². The smallest absolute Gasteiger partial charge is 0.305 e. The molecule has 2 aromatic carbocycles. The number of halogens is 3. The molecule has 0 aliphatic carbocycles. The summed E-state index contributed by atoms with van der Waals surface area (Å²) >= 11 is 0. The Labute approximate surface area is 195 Å². The number of benzene rings is 2. The maximum absolute atomic E-state index is 13.4. The van der Waals surface area contributed by atoms with Gasteiger partial charge in [0.2, 0.25) is 0 Å². The van der Waals surface area contributed by atoms with E-state index >= 15 is 0 Å². The number of likely N-dealkylation sites (tertiary alicyclic amines) is 1. The van der Waals surface area contributed by atoms with E-state index in [0.717, 1.165) is 62.9 Å². The Balaban J connectivity index is 0.00000363. The standard InChI is InChI=1S/C25H31F2NO3.ClH/c1-30-24(29)5-3-2-4-16-28-17-14-23(15-18-28)31-25(19-6-10-21(26)11-7-19)20-8-12-22(27)13-9-20;/h6-13,23,25H,2-5,14-18H2,1H3;1H. The summed E-state index contributed by atoms with van der Waals surface area (Å²) in [6.45, 7) is 2.94. The summed E-state index contributed by atoms with van der Waals surface area (Å²) in [6, 6.07) is 12.6. The van der Waals surface area contributed by atoms with Crippen molar-refractivity contribution in [2.75, 3.05) is 26.7 Å². The fourth-order valence-corrected chi connectivity index (χ4v) is 3.97. The van der Waals surface area contributed by atoms with Gasteiger partial charge in [0.25, 0.3) is 0 Å². The van der Waals surface area contributed by atoms with E-state index in [-0.39, 0.29) is 42.2 Å². The van der Waals surface area contributed by atoms with Gasteiger partial charge in [0.15, 0.2) is 0 Å². The Kier molecular flexibility index (Phi) is 11.1. The third kappa shape index (κ3) is 8.15. The van der Waals surface area contributed by atoms with Gasteiger partial charge < -0.3 is 14.4 Å². The summed E-state index contributed by atoms with van der Waals surface area (Å²) in [5.74, 6) is -0.724. The molecule has 4 nitrogen and oxygen atoms in total. The first-order valence-corrected chi connectivity index (χ1v) is 11.0. The molecular formula is C25H32ClF2NO3. The van der Waals surface area contributed by atoms with Crippen LogP contribution in [0.1, 0.15) is 55.8 Å². The van der Waals surface area contributed by atoms with Gasteiger partial charge in [-0.05, 0) is 67.6 Å². The number of methoxy groups -OCH3 is 1. The minimum atomic E-state index is -0.351. The second-order valence-electron chi connectivity index (χ2n) is 8.05. The molecule has 0 unspecified atom stereocenters. The highest BCUT2D eigenvalue weighted by atomic mass is 35.5. The van der Waals surface area contributed by atoms with Gasteiger partial charge in [-0.2, -0.15) is 0 Å². The van der Waals surface area contributed by atoms with Crippen molar-refractivity contribution in [2.45, 2.75) is 50.7 Å². The average molecular weight is 468 g/mol. The van der Waals surface area contributed by atoms with Crippen molar-refractivity contribution in [1.29, 1.82) is 0 Å². The first-order valence-electron chi connectivity index (χ1n) is 11.0. The molecule has 0 spiro atoms. The van der Waals surface area contributed by atoms with Crippen molar-refractivity contribution in [3.63, 3.8) is 0 Å². The average Bonchev–Trinajstić information content (AvgIpc) is 2.79. The summed E-state index contributed by atoms with van der Waals surface area (Å²) < 4.78 is 37.9. The van der Waals surface area contributed by atoms with Crippen LogP contribution in [-0.2, 0) is 14.3 Å². The zero-order valence-electron chi connectivity index (χ0n) is 18.5. The molecule has 32 heavy (non-hydrogen) atoms. The molecule has 0 saturated carbocycles. The van der Waals surface area contributed by atoms with Gasteiger partial charge in [-0.3, -0.25) is 4.79 Å². The molecule has 7 heteroatoms. The number of ether oxygens (including phenoxy) is 2. The lowest BCUT2D eigenvalue weighted by molar-refractivity contribution is -0.140. The molecule has 2 aromatic rings. The molecule has 1 fully saturated rings. The minimum Gasteiger partial charge on any atom is -0.469 e. The lowest BCUT2D eigenvalue weighted by Crippen LogP contribution is -2.38. The van der Waals surface area contributed by atoms with E-state index in [1.165, 1.54) is 31.4 Å². The number of hydrogen-bond donors (Lipinski definition) is 0. The van der Waals surface area contributed by atoms with E-state index in [0.29, 0.717) is 6.42 Å².